The van der Waals surface area contributed by atoms with E-state index in [-0.39, 0.29) is 5.41 Å². The molecule has 0 radical (unpaired) electrons. The van der Waals surface area contributed by atoms with E-state index in [4.69, 9.17) is 9.40 Å². The number of para-hydroxylation sites is 1. The number of hydrogen-bond acceptors (Lipinski definition) is 3. The molecule has 3 aromatic heterocycles. The van der Waals surface area contributed by atoms with Crippen molar-refractivity contribution in [3.63, 3.8) is 0 Å². The first-order valence-corrected chi connectivity index (χ1v) is 13.3. The number of imidazole rings is 1. The molecular weight excluding hydrogens is 478 g/mol. The van der Waals surface area contributed by atoms with E-state index in [0.29, 0.717) is 0 Å². The lowest BCUT2D eigenvalue weighted by atomic mass is 9.87. The number of benzene rings is 4. The number of rotatable bonds is 3. The largest absolute Gasteiger partial charge is 0.456 e. The molecule has 0 N–H and O–H groups in total. The van der Waals surface area contributed by atoms with Gasteiger partial charge in [0.2, 0.25) is 0 Å². The fourth-order valence-electron chi connectivity index (χ4n) is 5.47. The van der Waals surface area contributed by atoms with E-state index in [1.807, 2.05) is 31.3 Å². The number of aryl methyl sites for hydroxylation is 1. The Bertz CT molecular complexity index is 1990. The lowest BCUT2D eigenvalue weighted by Gasteiger charge is -2.19. The van der Waals surface area contributed by atoms with E-state index in [0.717, 1.165) is 66.9 Å². The molecule has 39 heavy (non-hydrogen) atoms. The van der Waals surface area contributed by atoms with Gasteiger partial charge in [-0.2, -0.15) is 0 Å². The Morgan fingerprint density at radius 3 is 2.26 bits per heavy atom. The molecule has 4 aromatic carbocycles. The van der Waals surface area contributed by atoms with Gasteiger partial charge in [-0.1, -0.05) is 81.4 Å². The highest BCUT2D eigenvalue weighted by atomic mass is 16.3. The number of nitrogens with zero attached hydrogens (tertiary/aromatic N) is 3. The fraction of sp³-hybridized carbons (Fsp3) is 0.143. The molecule has 0 atom stereocenters. The highest BCUT2D eigenvalue weighted by Gasteiger charge is 2.21. The summed E-state index contributed by atoms with van der Waals surface area (Å²) in [5.74, 6) is 0.862. The first kappa shape index (κ1) is 23.4. The Morgan fingerprint density at radius 1 is 0.744 bits per heavy atom. The Hall–Kier alpha value is -4.70. The molecule has 0 saturated carbocycles. The Labute approximate surface area is 227 Å². The van der Waals surface area contributed by atoms with Crippen molar-refractivity contribution in [2.45, 2.75) is 33.1 Å². The first-order chi connectivity index (χ1) is 18.9. The summed E-state index contributed by atoms with van der Waals surface area (Å²) in [4.78, 5) is 9.79. The van der Waals surface area contributed by atoms with Crippen LogP contribution in [0.3, 0.4) is 0 Å². The Kier molecular flexibility index (Phi) is 5.21. The van der Waals surface area contributed by atoms with Crippen molar-refractivity contribution in [2.75, 3.05) is 0 Å². The second-order valence-electron chi connectivity index (χ2n) is 11.2. The van der Waals surface area contributed by atoms with E-state index >= 15 is 0 Å². The predicted octanol–water partition coefficient (Wildman–Crippen LogP) is 9.26. The van der Waals surface area contributed by atoms with Crippen molar-refractivity contribution in [1.29, 1.82) is 0 Å². The van der Waals surface area contributed by atoms with Crippen molar-refractivity contribution in [1.82, 2.24) is 14.5 Å². The topological polar surface area (TPSA) is 43.9 Å². The maximum Gasteiger partial charge on any atom is 0.145 e. The van der Waals surface area contributed by atoms with Gasteiger partial charge < -0.3 is 4.42 Å². The lowest BCUT2D eigenvalue weighted by Crippen LogP contribution is -2.11. The number of hydrogen-bond donors (Lipinski definition) is 0. The lowest BCUT2D eigenvalue weighted by molar-refractivity contribution is 0.590. The molecule has 0 aliphatic heterocycles. The van der Waals surface area contributed by atoms with Gasteiger partial charge in [0.15, 0.2) is 0 Å². The van der Waals surface area contributed by atoms with Crippen LogP contribution in [-0.2, 0) is 5.41 Å². The first-order valence-electron chi connectivity index (χ1n) is 13.3. The van der Waals surface area contributed by atoms with E-state index in [1.165, 1.54) is 5.56 Å². The fourth-order valence-corrected chi connectivity index (χ4v) is 5.47. The molecule has 0 aliphatic carbocycles. The second kappa shape index (κ2) is 8.67. The third-order valence-corrected chi connectivity index (χ3v) is 7.49. The van der Waals surface area contributed by atoms with Crippen LogP contribution in [0.25, 0.3) is 61.2 Å². The van der Waals surface area contributed by atoms with Crippen LogP contribution in [0.1, 0.15) is 32.0 Å². The highest BCUT2D eigenvalue weighted by Crippen LogP contribution is 2.41. The van der Waals surface area contributed by atoms with Crippen LogP contribution < -0.4 is 0 Å². The van der Waals surface area contributed by atoms with Crippen molar-refractivity contribution in [3.8, 4) is 28.2 Å². The molecule has 0 unspecified atom stereocenters. The molecule has 0 aliphatic rings. The van der Waals surface area contributed by atoms with Gasteiger partial charge in [0.25, 0.3) is 0 Å². The number of furan rings is 1. The summed E-state index contributed by atoms with van der Waals surface area (Å²) in [6.45, 7) is 8.71. The van der Waals surface area contributed by atoms with E-state index in [2.05, 4.69) is 109 Å². The summed E-state index contributed by atoms with van der Waals surface area (Å²) in [5, 5.41) is 2.24. The maximum atomic E-state index is 6.42. The summed E-state index contributed by atoms with van der Waals surface area (Å²) in [5.41, 5.74) is 10.3. The van der Waals surface area contributed by atoms with Crippen LogP contribution in [-0.4, -0.2) is 14.5 Å². The van der Waals surface area contributed by atoms with Crippen LogP contribution in [0.5, 0.6) is 0 Å². The number of fused-ring (bicyclic) bond motifs is 4. The summed E-state index contributed by atoms with van der Waals surface area (Å²) < 4.78 is 8.63. The summed E-state index contributed by atoms with van der Waals surface area (Å²) >= 11 is 0. The smallest absolute Gasteiger partial charge is 0.145 e. The highest BCUT2D eigenvalue weighted by molar-refractivity contribution is 6.13. The molecule has 7 aromatic rings. The van der Waals surface area contributed by atoms with Gasteiger partial charge in [0.1, 0.15) is 17.0 Å². The number of aromatic nitrogens is 3. The molecule has 3 heterocycles. The van der Waals surface area contributed by atoms with Gasteiger partial charge in [-0.05, 0) is 65.4 Å². The second-order valence-corrected chi connectivity index (χ2v) is 11.2. The van der Waals surface area contributed by atoms with Gasteiger partial charge in [0, 0.05) is 27.7 Å². The van der Waals surface area contributed by atoms with Gasteiger partial charge in [-0.15, -0.1) is 0 Å². The zero-order chi connectivity index (χ0) is 26.7. The van der Waals surface area contributed by atoms with Crippen LogP contribution >= 0.6 is 0 Å². The van der Waals surface area contributed by atoms with E-state index in [9.17, 15) is 0 Å². The summed E-state index contributed by atoms with van der Waals surface area (Å²) in [6, 6.07) is 34.0. The zero-order valence-corrected chi connectivity index (χ0v) is 22.6. The van der Waals surface area contributed by atoms with Gasteiger partial charge >= 0.3 is 0 Å². The molecule has 7 rings (SSSR count). The van der Waals surface area contributed by atoms with Gasteiger partial charge in [0.05, 0.1) is 17.2 Å². The summed E-state index contributed by atoms with van der Waals surface area (Å²) in [7, 11) is 0. The molecular formula is C35H29N3O. The minimum Gasteiger partial charge on any atom is -0.456 e. The zero-order valence-electron chi connectivity index (χ0n) is 22.6. The number of pyridine rings is 1. The molecule has 0 fully saturated rings. The molecule has 0 amide bonds. The van der Waals surface area contributed by atoms with Gasteiger partial charge in [-0.3, -0.25) is 9.55 Å². The molecule has 4 heteroatoms. The van der Waals surface area contributed by atoms with E-state index in [1.54, 1.807) is 0 Å². The van der Waals surface area contributed by atoms with Crippen molar-refractivity contribution in [2.24, 2.45) is 0 Å². The standard InChI is InChI=1S/C35H29N3O/c1-22-18-29-30(21-36-22)38(26-16-14-25(15-17-26)35(2,3)4)34(37-29)24-19-28(23-10-6-5-7-11-23)33-27-12-8-9-13-31(27)39-32(33)20-24/h5-21H,1-4H3. The van der Waals surface area contributed by atoms with Crippen LogP contribution in [0.4, 0.5) is 0 Å². The summed E-state index contributed by atoms with van der Waals surface area (Å²) in [6.07, 6.45) is 1.93. The predicted molar refractivity (Wildman–Crippen MR) is 160 cm³/mol. The monoisotopic (exact) mass is 507 g/mol. The van der Waals surface area contributed by atoms with Crippen molar-refractivity contribution in [3.05, 3.63) is 115 Å². The van der Waals surface area contributed by atoms with Crippen LogP contribution in [0.2, 0.25) is 0 Å². The van der Waals surface area contributed by atoms with Crippen LogP contribution in [0, 0.1) is 6.92 Å². The SMILES string of the molecule is Cc1cc2nc(-c3cc(-c4ccccc4)c4c(c3)oc3ccccc34)n(-c3ccc(C(C)(C)C)cc3)c2cn1. The third-order valence-electron chi connectivity index (χ3n) is 7.49. The maximum absolute atomic E-state index is 6.42. The van der Waals surface area contributed by atoms with E-state index < -0.39 is 0 Å². The van der Waals surface area contributed by atoms with Crippen molar-refractivity contribution < 1.29 is 4.42 Å². The third kappa shape index (κ3) is 3.91. The molecule has 0 bridgehead atoms. The molecule has 0 spiro atoms. The minimum atomic E-state index is 0.0773. The molecule has 190 valence electrons. The normalized spacial score (nSPS) is 12.1. The average Bonchev–Trinajstić information content (AvgIpc) is 3.50. The minimum absolute atomic E-state index is 0.0773. The average molecular weight is 508 g/mol. The van der Waals surface area contributed by atoms with Crippen LogP contribution in [0.15, 0.2) is 108 Å². The molecule has 0 saturated heterocycles. The quantitative estimate of drug-likeness (QED) is 0.239. The Morgan fingerprint density at radius 2 is 1.49 bits per heavy atom. The van der Waals surface area contributed by atoms with Crippen molar-refractivity contribution >= 4 is 33.0 Å². The Balaban J connectivity index is 1.53. The molecule has 4 nitrogen and oxygen atoms in total. The van der Waals surface area contributed by atoms with Gasteiger partial charge in [-0.25, -0.2) is 4.98 Å².